The van der Waals surface area contributed by atoms with Crippen LogP contribution < -0.4 is 4.74 Å². The number of thioether (sulfide) groups is 1. The lowest BCUT2D eigenvalue weighted by Gasteiger charge is -2.35. The van der Waals surface area contributed by atoms with E-state index < -0.39 is 6.10 Å². The van der Waals surface area contributed by atoms with Crippen LogP contribution in [-0.4, -0.2) is 88.3 Å². The smallest absolute Gasteiger partial charge is 0.290 e. The van der Waals surface area contributed by atoms with Crippen LogP contribution >= 0.6 is 11.8 Å². The standard InChI is InChI=1S/C24H34N2O3S.CH2O2/c27-21-13-17-15-26(19-7-11-30-12-8-19)16-18(17)14-23(21)29-22-6-2-1-5-20(22)24(28)25-9-3-4-10-25;2-1-3/h1-2,5-6,17-19,21,23,27H,3-4,7-16H2;1H,(H,2,3)/t17-,18+,21+,23+;/m0./s1. The molecule has 4 atom stereocenters. The molecule has 1 aromatic rings. The van der Waals surface area contributed by atoms with E-state index in [0.29, 0.717) is 23.1 Å². The van der Waals surface area contributed by atoms with Gasteiger partial charge in [0.25, 0.3) is 12.4 Å². The molecule has 3 aliphatic heterocycles. The number of ether oxygens (including phenoxy) is 1. The number of fused-ring (bicyclic) bond motifs is 1. The van der Waals surface area contributed by atoms with E-state index in [1.54, 1.807) is 0 Å². The van der Waals surface area contributed by atoms with Crippen LogP contribution in [0.4, 0.5) is 0 Å². The van der Waals surface area contributed by atoms with Crippen molar-refractivity contribution in [2.75, 3.05) is 37.7 Å². The van der Waals surface area contributed by atoms with Gasteiger partial charge in [-0.3, -0.25) is 14.5 Å². The quantitative estimate of drug-likeness (QED) is 0.646. The van der Waals surface area contributed by atoms with Gasteiger partial charge in [0.15, 0.2) is 0 Å². The zero-order chi connectivity index (χ0) is 23.2. The molecule has 3 heterocycles. The summed E-state index contributed by atoms with van der Waals surface area (Å²) in [6.07, 6.45) is 5.79. The maximum Gasteiger partial charge on any atom is 0.290 e. The zero-order valence-electron chi connectivity index (χ0n) is 19.2. The van der Waals surface area contributed by atoms with Gasteiger partial charge in [0.2, 0.25) is 0 Å². The van der Waals surface area contributed by atoms with Gasteiger partial charge in [0.1, 0.15) is 11.9 Å². The minimum atomic E-state index is -0.456. The third-order valence-corrected chi connectivity index (χ3v) is 8.66. The first kappa shape index (κ1) is 24.4. The molecule has 2 N–H and O–H groups in total. The summed E-state index contributed by atoms with van der Waals surface area (Å²) in [5.74, 6) is 4.44. The summed E-state index contributed by atoms with van der Waals surface area (Å²) in [6, 6.07) is 8.31. The highest BCUT2D eigenvalue weighted by molar-refractivity contribution is 7.99. The van der Waals surface area contributed by atoms with Crippen LogP contribution in [-0.2, 0) is 4.79 Å². The number of rotatable bonds is 4. The number of amides is 1. The molecule has 4 fully saturated rings. The molecular formula is C25H36N2O5S. The maximum atomic E-state index is 13.0. The molecule has 1 saturated carbocycles. The number of carboxylic acid groups (broad SMARTS) is 1. The topological polar surface area (TPSA) is 90.3 Å². The number of benzene rings is 1. The Balaban J connectivity index is 0.000000821. The fraction of sp³-hybridized carbons (Fsp3) is 0.680. The lowest BCUT2D eigenvalue weighted by atomic mass is 9.78. The van der Waals surface area contributed by atoms with Crippen LogP contribution in [0.25, 0.3) is 0 Å². The molecule has 182 valence electrons. The van der Waals surface area contributed by atoms with Crippen molar-refractivity contribution in [3.05, 3.63) is 29.8 Å². The average Bonchev–Trinajstić information content (AvgIpc) is 3.51. The summed E-state index contributed by atoms with van der Waals surface area (Å²) >= 11 is 2.08. The van der Waals surface area contributed by atoms with Gasteiger partial charge in [-0.05, 0) is 74.0 Å². The van der Waals surface area contributed by atoms with E-state index in [4.69, 9.17) is 14.6 Å². The fourth-order valence-electron chi connectivity index (χ4n) is 5.90. The predicted octanol–water partition coefficient (Wildman–Crippen LogP) is 2.97. The average molecular weight is 477 g/mol. The Hall–Kier alpha value is -1.77. The van der Waals surface area contributed by atoms with Crippen molar-refractivity contribution >= 4 is 24.1 Å². The molecule has 4 aliphatic rings. The van der Waals surface area contributed by atoms with Crippen molar-refractivity contribution in [1.29, 1.82) is 0 Å². The van der Waals surface area contributed by atoms with Crippen LogP contribution in [0.15, 0.2) is 24.3 Å². The van der Waals surface area contributed by atoms with Crippen molar-refractivity contribution in [1.82, 2.24) is 9.80 Å². The molecule has 33 heavy (non-hydrogen) atoms. The second kappa shape index (κ2) is 11.6. The highest BCUT2D eigenvalue weighted by Gasteiger charge is 2.44. The van der Waals surface area contributed by atoms with E-state index >= 15 is 0 Å². The number of aliphatic hydroxyl groups excluding tert-OH is 1. The molecule has 0 bridgehead atoms. The molecule has 7 nitrogen and oxygen atoms in total. The van der Waals surface area contributed by atoms with Crippen LogP contribution in [0.2, 0.25) is 0 Å². The molecule has 0 aromatic heterocycles. The maximum absolute atomic E-state index is 13.0. The van der Waals surface area contributed by atoms with Gasteiger partial charge in [-0.15, -0.1) is 0 Å². The monoisotopic (exact) mass is 476 g/mol. The van der Waals surface area contributed by atoms with Crippen molar-refractivity contribution in [2.45, 2.75) is 56.8 Å². The highest BCUT2D eigenvalue weighted by Crippen LogP contribution is 2.40. The summed E-state index contributed by atoms with van der Waals surface area (Å²) in [7, 11) is 0. The molecule has 5 rings (SSSR count). The summed E-state index contributed by atoms with van der Waals surface area (Å²) < 4.78 is 6.35. The van der Waals surface area contributed by atoms with E-state index in [9.17, 15) is 9.90 Å². The molecule has 1 aliphatic carbocycles. The number of hydrogen-bond acceptors (Lipinski definition) is 6. The SMILES string of the molecule is O=C(c1ccccc1O[C@@H]1C[C@@H]2CN(C3CCSCC3)C[C@@H]2C[C@H]1O)N1CCCC1.O=CO. The highest BCUT2D eigenvalue weighted by atomic mass is 32.2. The van der Waals surface area contributed by atoms with Crippen molar-refractivity contribution in [3.8, 4) is 5.75 Å². The van der Waals surface area contributed by atoms with Gasteiger partial charge in [0.05, 0.1) is 11.7 Å². The summed E-state index contributed by atoms with van der Waals surface area (Å²) in [6.45, 7) is 3.69. The Morgan fingerprint density at radius 2 is 1.70 bits per heavy atom. The second-order valence-corrected chi connectivity index (χ2v) is 10.8. The van der Waals surface area contributed by atoms with E-state index in [0.717, 1.165) is 57.9 Å². The molecule has 0 spiro atoms. The number of likely N-dealkylation sites (tertiary alicyclic amines) is 2. The first-order chi connectivity index (χ1) is 16.1. The zero-order valence-corrected chi connectivity index (χ0v) is 20.0. The van der Waals surface area contributed by atoms with Crippen molar-refractivity contribution in [3.63, 3.8) is 0 Å². The van der Waals surface area contributed by atoms with Crippen LogP contribution in [0.3, 0.4) is 0 Å². The summed E-state index contributed by atoms with van der Waals surface area (Å²) in [5.41, 5.74) is 0.640. The fourth-order valence-corrected chi connectivity index (χ4v) is 6.98. The second-order valence-electron chi connectivity index (χ2n) is 9.61. The number of hydrogen-bond donors (Lipinski definition) is 2. The molecule has 0 unspecified atom stereocenters. The van der Waals surface area contributed by atoms with E-state index in [1.807, 2.05) is 29.2 Å². The van der Waals surface area contributed by atoms with Crippen LogP contribution in [0.1, 0.15) is 48.9 Å². The predicted molar refractivity (Wildman–Crippen MR) is 129 cm³/mol. The van der Waals surface area contributed by atoms with Gasteiger partial charge in [-0.1, -0.05) is 12.1 Å². The number of carbonyl (C=O) groups excluding carboxylic acids is 1. The molecule has 1 aromatic carbocycles. The van der Waals surface area contributed by atoms with Gasteiger partial charge >= 0.3 is 0 Å². The van der Waals surface area contributed by atoms with Gasteiger partial charge in [0, 0.05) is 32.2 Å². The molecule has 1 amide bonds. The molecule has 0 radical (unpaired) electrons. The molecule has 3 saturated heterocycles. The number of para-hydroxylation sites is 1. The third-order valence-electron chi connectivity index (χ3n) is 7.61. The third kappa shape index (κ3) is 5.84. The summed E-state index contributed by atoms with van der Waals surface area (Å²) in [5, 5.41) is 17.8. The lowest BCUT2D eigenvalue weighted by Crippen LogP contribution is -2.42. The normalized spacial score (nSPS) is 30.3. The van der Waals surface area contributed by atoms with E-state index in [1.165, 1.54) is 24.3 Å². The minimum Gasteiger partial charge on any atom is -0.487 e. The Morgan fingerprint density at radius 1 is 1.06 bits per heavy atom. The Bertz CT molecular complexity index is 797. The van der Waals surface area contributed by atoms with E-state index in [2.05, 4.69) is 16.7 Å². The Morgan fingerprint density at radius 3 is 2.39 bits per heavy atom. The van der Waals surface area contributed by atoms with E-state index in [-0.39, 0.29) is 18.5 Å². The van der Waals surface area contributed by atoms with Gasteiger partial charge in [-0.2, -0.15) is 11.8 Å². The lowest BCUT2D eigenvalue weighted by molar-refractivity contribution is -0.122. The number of aliphatic hydroxyl groups is 1. The Labute approximate surface area is 200 Å². The van der Waals surface area contributed by atoms with Crippen LogP contribution in [0.5, 0.6) is 5.75 Å². The first-order valence-corrected chi connectivity index (χ1v) is 13.4. The molecular weight excluding hydrogens is 440 g/mol. The van der Waals surface area contributed by atoms with Gasteiger partial charge in [-0.25, -0.2) is 0 Å². The van der Waals surface area contributed by atoms with Crippen molar-refractivity contribution in [2.24, 2.45) is 11.8 Å². The van der Waals surface area contributed by atoms with Gasteiger partial charge < -0.3 is 19.8 Å². The Kier molecular flexibility index (Phi) is 8.55. The summed E-state index contributed by atoms with van der Waals surface area (Å²) in [4.78, 5) is 25.9. The number of nitrogens with zero attached hydrogens (tertiary/aromatic N) is 2. The largest absolute Gasteiger partial charge is 0.487 e. The number of carbonyl (C=O) groups is 2. The minimum absolute atomic E-state index is 0.0634. The van der Waals surface area contributed by atoms with Crippen molar-refractivity contribution < 1.29 is 24.5 Å². The molecule has 8 heteroatoms. The van der Waals surface area contributed by atoms with Crippen LogP contribution in [0, 0.1) is 11.8 Å². The first-order valence-electron chi connectivity index (χ1n) is 12.2.